The van der Waals surface area contributed by atoms with Gasteiger partial charge in [0.2, 0.25) is 11.8 Å². The molecule has 11 nitrogen and oxygen atoms in total. The van der Waals surface area contributed by atoms with Crippen LogP contribution in [0.5, 0.6) is 11.5 Å². The molecule has 40 heavy (non-hydrogen) atoms. The van der Waals surface area contributed by atoms with Crippen molar-refractivity contribution < 1.29 is 38.9 Å². The fourth-order valence-corrected chi connectivity index (χ4v) is 3.92. The summed E-state index contributed by atoms with van der Waals surface area (Å²) in [6.45, 7) is 8.29. The highest BCUT2D eigenvalue weighted by atomic mass is 16.6. The topological polar surface area (TPSA) is 154 Å². The van der Waals surface area contributed by atoms with Crippen molar-refractivity contribution in [2.45, 2.75) is 71.2 Å². The van der Waals surface area contributed by atoms with Gasteiger partial charge in [-0.2, -0.15) is 0 Å². The SMILES string of the molecule is CCC(C)N(C(=O)C(Cc1ccc(O)cc1)NC(=O)OC(C)(C)C)C(C(=O)NCC(=O)OC)c1ccc(O)cc1. The number of hydrogen-bond donors (Lipinski definition) is 4. The first-order valence-electron chi connectivity index (χ1n) is 13.0. The first-order valence-corrected chi connectivity index (χ1v) is 13.0. The summed E-state index contributed by atoms with van der Waals surface area (Å²) >= 11 is 0. The van der Waals surface area contributed by atoms with Crippen molar-refractivity contribution in [2.24, 2.45) is 0 Å². The fraction of sp³-hybridized carbons (Fsp3) is 0.448. The molecule has 2 aromatic rings. The van der Waals surface area contributed by atoms with Crippen molar-refractivity contribution in [1.29, 1.82) is 0 Å². The predicted octanol–water partition coefficient (Wildman–Crippen LogP) is 3.19. The zero-order valence-corrected chi connectivity index (χ0v) is 23.8. The van der Waals surface area contributed by atoms with Gasteiger partial charge in [-0.1, -0.05) is 31.2 Å². The number of hydrogen-bond acceptors (Lipinski definition) is 8. The van der Waals surface area contributed by atoms with Gasteiger partial charge in [0, 0.05) is 12.5 Å². The van der Waals surface area contributed by atoms with Crippen LogP contribution in [0.25, 0.3) is 0 Å². The van der Waals surface area contributed by atoms with Gasteiger partial charge in [0.25, 0.3) is 0 Å². The molecule has 0 aliphatic heterocycles. The Balaban J connectivity index is 2.57. The molecule has 0 heterocycles. The lowest BCUT2D eigenvalue weighted by Gasteiger charge is -2.38. The second-order valence-electron chi connectivity index (χ2n) is 10.4. The Morgan fingerprint density at radius 2 is 1.50 bits per heavy atom. The molecule has 3 amide bonds. The Morgan fingerprint density at radius 3 is 2.00 bits per heavy atom. The number of methoxy groups -OCH3 is 1. The molecule has 2 aromatic carbocycles. The molecule has 218 valence electrons. The van der Waals surface area contributed by atoms with E-state index >= 15 is 0 Å². The summed E-state index contributed by atoms with van der Waals surface area (Å²) in [6, 6.07) is 9.14. The van der Waals surface area contributed by atoms with Crippen LogP contribution in [0.15, 0.2) is 48.5 Å². The molecule has 0 aliphatic rings. The smallest absolute Gasteiger partial charge is 0.408 e. The molecule has 11 heteroatoms. The van der Waals surface area contributed by atoms with Gasteiger partial charge >= 0.3 is 12.1 Å². The van der Waals surface area contributed by atoms with Crippen molar-refractivity contribution in [1.82, 2.24) is 15.5 Å². The van der Waals surface area contributed by atoms with Gasteiger partial charge in [0.1, 0.15) is 35.7 Å². The van der Waals surface area contributed by atoms with E-state index in [-0.39, 0.29) is 17.9 Å². The summed E-state index contributed by atoms with van der Waals surface area (Å²) < 4.78 is 10.0. The highest BCUT2D eigenvalue weighted by Crippen LogP contribution is 2.28. The van der Waals surface area contributed by atoms with E-state index in [1.54, 1.807) is 39.8 Å². The lowest BCUT2D eigenvalue weighted by Crippen LogP contribution is -2.56. The number of alkyl carbamates (subject to hydrolysis) is 1. The van der Waals surface area contributed by atoms with Crippen LogP contribution in [-0.2, 0) is 30.3 Å². The number of ether oxygens (including phenoxy) is 2. The second kappa shape index (κ2) is 14.2. The number of benzene rings is 2. The number of carbonyl (C=O) groups excluding carboxylic acids is 4. The molecule has 0 saturated heterocycles. The van der Waals surface area contributed by atoms with Crippen LogP contribution in [0.4, 0.5) is 4.79 Å². The van der Waals surface area contributed by atoms with E-state index in [1.807, 2.05) is 6.92 Å². The Morgan fingerprint density at radius 1 is 0.950 bits per heavy atom. The van der Waals surface area contributed by atoms with E-state index in [2.05, 4.69) is 15.4 Å². The van der Waals surface area contributed by atoms with Crippen molar-refractivity contribution >= 4 is 23.9 Å². The third-order valence-electron chi connectivity index (χ3n) is 6.06. The first kappa shape index (κ1) is 31.9. The number of rotatable bonds is 11. The standard InChI is InChI=1S/C29H39N3O8/c1-7-18(2)32(25(20-10-14-22(34)15-11-20)26(36)30-17-24(35)39-6)27(37)23(31-28(38)40-29(3,4)5)16-19-8-12-21(33)13-9-19/h8-15,18,23,25,33-34H,7,16-17H2,1-6H3,(H,30,36)(H,31,38). The first-order chi connectivity index (χ1) is 18.7. The van der Waals surface area contributed by atoms with Gasteiger partial charge in [-0.25, -0.2) is 4.79 Å². The summed E-state index contributed by atoms with van der Waals surface area (Å²) in [4.78, 5) is 53.7. The maximum atomic E-state index is 14.3. The van der Waals surface area contributed by atoms with Crippen LogP contribution < -0.4 is 10.6 Å². The van der Waals surface area contributed by atoms with E-state index in [0.717, 1.165) is 0 Å². The van der Waals surface area contributed by atoms with Crippen LogP contribution >= 0.6 is 0 Å². The number of aromatic hydroxyl groups is 2. The second-order valence-corrected chi connectivity index (χ2v) is 10.4. The molecule has 3 unspecified atom stereocenters. The molecule has 0 bridgehead atoms. The van der Waals surface area contributed by atoms with Gasteiger partial charge in [0.15, 0.2) is 0 Å². The van der Waals surface area contributed by atoms with Gasteiger partial charge in [-0.3, -0.25) is 14.4 Å². The monoisotopic (exact) mass is 557 g/mol. The van der Waals surface area contributed by atoms with Crippen LogP contribution in [0, 0.1) is 0 Å². The quantitative estimate of drug-likeness (QED) is 0.307. The molecular weight excluding hydrogens is 518 g/mol. The van der Waals surface area contributed by atoms with E-state index in [0.29, 0.717) is 17.5 Å². The third kappa shape index (κ3) is 9.48. The predicted molar refractivity (Wildman–Crippen MR) is 147 cm³/mol. The Kier molecular flexibility index (Phi) is 11.3. The largest absolute Gasteiger partial charge is 0.508 e. The molecule has 0 radical (unpaired) electrons. The van der Waals surface area contributed by atoms with Crippen molar-refractivity contribution in [3.63, 3.8) is 0 Å². The molecule has 0 aromatic heterocycles. The molecule has 0 spiro atoms. The number of esters is 1. The average molecular weight is 558 g/mol. The maximum Gasteiger partial charge on any atom is 0.408 e. The van der Waals surface area contributed by atoms with Gasteiger partial charge < -0.3 is 35.2 Å². The van der Waals surface area contributed by atoms with Crippen molar-refractivity contribution in [3.05, 3.63) is 59.7 Å². The van der Waals surface area contributed by atoms with Crippen molar-refractivity contribution in [2.75, 3.05) is 13.7 Å². The summed E-state index contributed by atoms with van der Waals surface area (Å²) in [5, 5.41) is 24.7. The van der Waals surface area contributed by atoms with Crippen LogP contribution in [0.3, 0.4) is 0 Å². The molecule has 0 fully saturated rings. The summed E-state index contributed by atoms with van der Waals surface area (Å²) in [5.41, 5.74) is 0.205. The molecule has 3 atom stereocenters. The number of amides is 3. The van der Waals surface area contributed by atoms with E-state index in [1.165, 1.54) is 48.4 Å². The average Bonchev–Trinajstić information content (AvgIpc) is 2.89. The summed E-state index contributed by atoms with van der Waals surface area (Å²) in [6.07, 6.45) is -0.314. The lowest BCUT2D eigenvalue weighted by molar-refractivity contribution is -0.146. The maximum absolute atomic E-state index is 14.3. The van der Waals surface area contributed by atoms with Gasteiger partial charge in [-0.05, 0) is 69.5 Å². The van der Waals surface area contributed by atoms with Crippen LogP contribution in [-0.4, -0.2) is 70.3 Å². The summed E-state index contributed by atoms with van der Waals surface area (Å²) in [7, 11) is 1.19. The zero-order chi connectivity index (χ0) is 30.0. The van der Waals surface area contributed by atoms with E-state index in [9.17, 15) is 29.4 Å². The van der Waals surface area contributed by atoms with E-state index < -0.39 is 54.1 Å². The molecule has 4 N–H and O–H groups in total. The van der Waals surface area contributed by atoms with Crippen LogP contribution in [0.2, 0.25) is 0 Å². The molecule has 0 aliphatic carbocycles. The third-order valence-corrected chi connectivity index (χ3v) is 6.06. The molecular formula is C29H39N3O8. The number of carbonyl (C=O) groups is 4. The number of phenols is 2. The minimum absolute atomic E-state index is 0.0318. The zero-order valence-electron chi connectivity index (χ0n) is 23.8. The minimum atomic E-state index is -1.21. The Bertz CT molecular complexity index is 1160. The number of phenolic OH excluding ortho intramolecular Hbond substituents is 2. The van der Waals surface area contributed by atoms with Crippen LogP contribution in [0.1, 0.15) is 58.2 Å². The van der Waals surface area contributed by atoms with Gasteiger partial charge in [-0.15, -0.1) is 0 Å². The Labute approximate surface area is 234 Å². The number of nitrogens with one attached hydrogen (secondary N) is 2. The summed E-state index contributed by atoms with van der Waals surface area (Å²) in [5.74, 6) is -1.88. The highest BCUT2D eigenvalue weighted by molar-refractivity contribution is 5.93. The minimum Gasteiger partial charge on any atom is -0.508 e. The van der Waals surface area contributed by atoms with Crippen molar-refractivity contribution in [3.8, 4) is 11.5 Å². The highest BCUT2D eigenvalue weighted by Gasteiger charge is 2.38. The molecule has 2 rings (SSSR count). The van der Waals surface area contributed by atoms with Gasteiger partial charge in [0.05, 0.1) is 7.11 Å². The lowest BCUT2D eigenvalue weighted by atomic mass is 9.98. The molecule has 0 saturated carbocycles. The van der Waals surface area contributed by atoms with E-state index in [4.69, 9.17) is 4.74 Å². The Hall–Kier alpha value is -4.28. The normalized spacial score (nSPS) is 13.3. The number of nitrogens with zero attached hydrogens (tertiary/aromatic N) is 1. The fourth-order valence-electron chi connectivity index (χ4n) is 3.92.